The summed E-state index contributed by atoms with van der Waals surface area (Å²) in [5.41, 5.74) is 5.44. The van der Waals surface area contributed by atoms with E-state index in [0.29, 0.717) is 42.6 Å². The highest BCUT2D eigenvalue weighted by Crippen LogP contribution is 2.30. The van der Waals surface area contributed by atoms with Crippen LogP contribution in [-0.4, -0.2) is 33.9 Å². The zero-order valence-corrected chi connectivity index (χ0v) is 23.8. The third kappa shape index (κ3) is 6.32. The number of fused-ring (bicyclic) bond motifs is 1. The van der Waals surface area contributed by atoms with E-state index in [4.69, 9.17) is 19.2 Å². The normalized spacial score (nSPS) is 10.9. The summed E-state index contributed by atoms with van der Waals surface area (Å²) >= 11 is 0. The highest BCUT2D eigenvalue weighted by molar-refractivity contribution is 6.13. The summed E-state index contributed by atoms with van der Waals surface area (Å²) in [6, 6.07) is 22.6. The molecule has 0 spiro atoms. The smallest absolute Gasteiger partial charge is 0.256 e. The van der Waals surface area contributed by atoms with Crippen LogP contribution in [0.25, 0.3) is 22.2 Å². The molecule has 0 aliphatic heterocycles. The second kappa shape index (κ2) is 12.6. The van der Waals surface area contributed by atoms with Crippen LogP contribution in [0.5, 0.6) is 17.2 Å². The van der Waals surface area contributed by atoms with E-state index in [0.717, 1.165) is 45.7 Å². The molecule has 5 aromatic rings. The van der Waals surface area contributed by atoms with Gasteiger partial charge in [0.15, 0.2) is 11.5 Å². The molecule has 0 fully saturated rings. The predicted octanol–water partition coefficient (Wildman–Crippen LogP) is 7.06. The number of carbonyl (C=O) groups is 1. The van der Waals surface area contributed by atoms with Crippen molar-refractivity contribution in [2.75, 3.05) is 18.5 Å². The summed E-state index contributed by atoms with van der Waals surface area (Å²) < 4.78 is 19.2. The summed E-state index contributed by atoms with van der Waals surface area (Å²) in [5, 5.41) is 8.36. The van der Waals surface area contributed by atoms with Crippen molar-refractivity contribution in [1.82, 2.24) is 14.8 Å². The van der Waals surface area contributed by atoms with Gasteiger partial charge in [-0.15, -0.1) is 0 Å². The fourth-order valence-electron chi connectivity index (χ4n) is 4.62. The maximum absolute atomic E-state index is 13.5. The third-order valence-corrected chi connectivity index (χ3v) is 6.63. The summed E-state index contributed by atoms with van der Waals surface area (Å²) in [4.78, 5) is 18.3. The van der Waals surface area contributed by atoms with E-state index < -0.39 is 0 Å². The van der Waals surface area contributed by atoms with Gasteiger partial charge in [0.1, 0.15) is 12.4 Å². The monoisotopic (exact) mass is 550 g/mol. The standard InChI is InChI=1S/C33H34N4O4/c1-5-37-20-28(22(4)36-37)30-19-27(26-10-8-9-11-29(26)35-30)33(38)34-24-13-15-25(16-14-24)41-21-23-12-17-31(39-6-2)32(18-23)40-7-3/h8-20H,5-7,21H2,1-4H3,(H,34,38). The maximum Gasteiger partial charge on any atom is 0.256 e. The lowest BCUT2D eigenvalue weighted by molar-refractivity contribution is 0.102. The first-order chi connectivity index (χ1) is 20.0. The Balaban J connectivity index is 1.31. The number of amides is 1. The number of aromatic nitrogens is 3. The van der Waals surface area contributed by atoms with Crippen molar-refractivity contribution in [3.63, 3.8) is 0 Å². The summed E-state index contributed by atoms with van der Waals surface area (Å²) in [6.45, 7) is 10.1. The number of nitrogens with one attached hydrogen (secondary N) is 1. The average Bonchev–Trinajstić information content (AvgIpc) is 3.38. The number of hydrogen-bond donors (Lipinski definition) is 1. The van der Waals surface area contributed by atoms with Crippen molar-refractivity contribution in [1.29, 1.82) is 0 Å². The molecule has 0 saturated carbocycles. The molecule has 8 nitrogen and oxygen atoms in total. The molecule has 0 radical (unpaired) electrons. The van der Waals surface area contributed by atoms with E-state index in [1.165, 1.54) is 0 Å². The topological polar surface area (TPSA) is 87.5 Å². The molecular formula is C33H34N4O4. The molecule has 41 heavy (non-hydrogen) atoms. The minimum atomic E-state index is -0.211. The lowest BCUT2D eigenvalue weighted by atomic mass is 10.0. The molecule has 0 saturated heterocycles. The van der Waals surface area contributed by atoms with Crippen LogP contribution >= 0.6 is 0 Å². The number of ether oxygens (including phenoxy) is 3. The van der Waals surface area contributed by atoms with E-state index in [1.807, 2.05) is 111 Å². The molecule has 0 atom stereocenters. The number of nitrogens with zero attached hydrogens (tertiary/aromatic N) is 3. The summed E-state index contributed by atoms with van der Waals surface area (Å²) in [7, 11) is 0. The first-order valence-corrected chi connectivity index (χ1v) is 13.9. The van der Waals surface area contributed by atoms with Gasteiger partial charge in [-0.2, -0.15) is 5.10 Å². The van der Waals surface area contributed by atoms with Gasteiger partial charge < -0.3 is 19.5 Å². The molecule has 210 valence electrons. The SMILES string of the molecule is CCOc1ccc(COc2ccc(NC(=O)c3cc(-c4cn(CC)nc4C)nc4ccccc34)cc2)cc1OCC. The largest absolute Gasteiger partial charge is 0.490 e. The van der Waals surface area contributed by atoms with Crippen LogP contribution in [0.3, 0.4) is 0 Å². The van der Waals surface area contributed by atoms with Crippen LogP contribution in [0, 0.1) is 6.92 Å². The molecule has 5 rings (SSSR count). The fraction of sp³-hybridized carbons (Fsp3) is 0.242. The lowest BCUT2D eigenvalue weighted by Gasteiger charge is -2.13. The molecule has 2 heterocycles. The van der Waals surface area contributed by atoms with Crippen molar-refractivity contribution >= 4 is 22.5 Å². The number of rotatable bonds is 11. The van der Waals surface area contributed by atoms with Gasteiger partial charge >= 0.3 is 0 Å². The van der Waals surface area contributed by atoms with Crippen LogP contribution in [0.2, 0.25) is 0 Å². The zero-order chi connectivity index (χ0) is 28.8. The van der Waals surface area contributed by atoms with Crippen LogP contribution in [0.15, 0.2) is 79.0 Å². The van der Waals surface area contributed by atoms with Crippen LogP contribution in [0.4, 0.5) is 5.69 Å². The van der Waals surface area contributed by atoms with Crippen molar-refractivity contribution in [3.05, 3.63) is 95.8 Å². The number of anilines is 1. The Bertz CT molecular complexity index is 1660. The number of carbonyl (C=O) groups excluding carboxylic acids is 1. The third-order valence-electron chi connectivity index (χ3n) is 6.63. The zero-order valence-electron chi connectivity index (χ0n) is 23.8. The number of para-hydroxylation sites is 1. The van der Waals surface area contributed by atoms with Crippen molar-refractivity contribution in [3.8, 4) is 28.5 Å². The van der Waals surface area contributed by atoms with Crippen molar-refractivity contribution in [2.24, 2.45) is 0 Å². The molecule has 0 aliphatic carbocycles. The molecule has 0 bridgehead atoms. The quantitative estimate of drug-likeness (QED) is 0.190. The first kappa shape index (κ1) is 27.7. The summed E-state index contributed by atoms with van der Waals surface area (Å²) in [5.74, 6) is 1.90. The van der Waals surface area contributed by atoms with E-state index in [9.17, 15) is 4.79 Å². The van der Waals surface area contributed by atoms with Gasteiger partial charge in [0, 0.05) is 29.4 Å². The Morgan fingerprint density at radius 3 is 2.37 bits per heavy atom. The fourth-order valence-corrected chi connectivity index (χ4v) is 4.62. The molecule has 2 aromatic heterocycles. The Hall–Kier alpha value is -4.85. The molecule has 3 aromatic carbocycles. The average molecular weight is 551 g/mol. The van der Waals surface area contributed by atoms with Gasteiger partial charge in [0.05, 0.1) is 35.7 Å². The first-order valence-electron chi connectivity index (χ1n) is 13.9. The number of hydrogen-bond acceptors (Lipinski definition) is 6. The van der Waals surface area contributed by atoms with Crippen LogP contribution in [-0.2, 0) is 13.2 Å². The molecule has 0 aliphatic rings. The molecule has 0 unspecified atom stereocenters. The van der Waals surface area contributed by atoms with Gasteiger partial charge in [0.2, 0.25) is 0 Å². The van der Waals surface area contributed by atoms with Crippen LogP contribution < -0.4 is 19.5 Å². The summed E-state index contributed by atoms with van der Waals surface area (Å²) in [6.07, 6.45) is 1.97. The molecule has 1 amide bonds. The van der Waals surface area contributed by atoms with Crippen molar-refractivity contribution in [2.45, 2.75) is 40.8 Å². The highest BCUT2D eigenvalue weighted by atomic mass is 16.5. The van der Waals surface area contributed by atoms with E-state index in [2.05, 4.69) is 10.4 Å². The Morgan fingerprint density at radius 2 is 1.63 bits per heavy atom. The van der Waals surface area contributed by atoms with Gasteiger partial charge in [-0.1, -0.05) is 24.3 Å². The predicted molar refractivity (Wildman–Crippen MR) is 161 cm³/mol. The van der Waals surface area contributed by atoms with E-state index in [-0.39, 0.29) is 5.91 Å². The van der Waals surface area contributed by atoms with Gasteiger partial charge in [-0.25, -0.2) is 4.98 Å². The van der Waals surface area contributed by atoms with Gasteiger partial charge in [0.25, 0.3) is 5.91 Å². The molecular weight excluding hydrogens is 516 g/mol. The minimum absolute atomic E-state index is 0.211. The van der Waals surface area contributed by atoms with Gasteiger partial charge in [-0.3, -0.25) is 9.48 Å². The van der Waals surface area contributed by atoms with Crippen molar-refractivity contribution < 1.29 is 19.0 Å². The van der Waals surface area contributed by atoms with E-state index in [1.54, 1.807) is 0 Å². The second-order valence-electron chi connectivity index (χ2n) is 9.47. The Kier molecular flexibility index (Phi) is 8.48. The number of aryl methyl sites for hydroxylation is 2. The lowest BCUT2D eigenvalue weighted by Crippen LogP contribution is -2.13. The van der Waals surface area contributed by atoms with E-state index >= 15 is 0 Å². The number of benzene rings is 3. The second-order valence-corrected chi connectivity index (χ2v) is 9.47. The maximum atomic E-state index is 13.5. The Labute approximate surface area is 239 Å². The Morgan fingerprint density at radius 1 is 0.878 bits per heavy atom. The highest BCUT2D eigenvalue weighted by Gasteiger charge is 2.17. The van der Waals surface area contributed by atoms with Gasteiger partial charge in [-0.05, 0) is 81.8 Å². The van der Waals surface area contributed by atoms with Crippen LogP contribution in [0.1, 0.15) is 42.4 Å². The minimum Gasteiger partial charge on any atom is -0.490 e. The number of pyridine rings is 1. The molecule has 8 heteroatoms. The molecule has 1 N–H and O–H groups in total.